The van der Waals surface area contributed by atoms with Gasteiger partial charge in [0.2, 0.25) is 0 Å². The molecular weight excluding hydrogens is 186 g/mol. The molecule has 3 saturated carbocycles. The fourth-order valence-electron chi connectivity index (χ4n) is 3.23. The summed E-state index contributed by atoms with van der Waals surface area (Å²) >= 11 is 0. The first-order chi connectivity index (χ1) is 7.34. The van der Waals surface area contributed by atoms with Crippen LogP contribution in [0, 0.1) is 17.8 Å². The van der Waals surface area contributed by atoms with E-state index < -0.39 is 0 Å². The summed E-state index contributed by atoms with van der Waals surface area (Å²) in [6, 6.07) is 0.407. The van der Waals surface area contributed by atoms with Crippen molar-refractivity contribution >= 4 is 0 Å². The second-order valence-electron chi connectivity index (χ2n) is 5.85. The average Bonchev–Trinajstić information content (AvgIpc) is 3.11. The zero-order valence-electron chi connectivity index (χ0n) is 9.49. The van der Waals surface area contributed by atoms with Crippen molar-refractivity contribution in [2.45, 2.75) is 57.1 Å². The van der Waals surface area contributed by atoms with Crippen molar-refractivity contribution in [2.24, 2.45) is 17.8 Å². The second kappa shape index (κ2) is 4.06. The molecule has 2 atom stereocenters. The van der Waals surface area contributed by atoms with Crippen LogP contribution in [0.3, 0.4) is 0 Å². The minimum atomic E-state index is -0.0657. The van der Waals surface area contributed by atoms with Gasteiger partial charge < -0.3 is 10.4 Å². The lowest BCUT2D eigenvalue weighted by Gasteiger charge is -2.22. The minimum Gasteiger partial charge on any atom is -0.392 e. The van der Waals surface area contributed by atoms with Gasteiger partial charge in [-0.25, -0.2) is 0 Å². The third-order valence-corrected chi connectivity index (χ3v) is 4.55. The van der Waals surface area contributed by atoms with Crippen molar-refractivity contribution in [3.8, 4) is 0 Å². The summed E-state index contributed by atoms with van der Waals surface area (Å²) in [5.41, 5.74) is 0. The standard InChI is InChI=1S/C13H23NO/c15-13-3-1-2-12(13)14-8-11(9-4-5-9)10-6-7-10/h9-15H,1-8H2/t12-,13-/m1/s1. The molecule has 0 radical (unpaired) electrons. The minimum absolute atomic E-state index is 0.0657. The molecule has 0 heterocycles. The van der Waals surface area contributed by atoms with Gasteiger partial charge in [-0.1, -0.05) is 0 Å². The van der Waals surface area contributed by atoms with Gasteiger partial charge in [-0.2, -0.15) is 0 Å². The van der Waals surface area contributed by atoms with Crippen molar-refractivity contribution in [1.82, 2.24) is 5.32 Å². The molecule has 0 unspecified atom stereocenters. The molecule has 0 amide bonds. The van der Waals surface area contributed by atoms with E-state index in [4.69, 9.17) is 0 Å². The molecule has 0 spiro atoms. The normalized spacial score (nSPS) is 36.4. The van der Waals surface area contributed by atoms with E-state index in [1.165, 1.54) is 45.1 Å². The number of hydrogen-bond donors (Lipinski definition) is 2. The summed E-state index contributed by atoms with van der Waals surface area (Å²) in [6.07, 6.45) is 9.21. The Bertz CT molecular complexity index is 211. The largest absolute Gasteiger partial charge is 0.392 e. The Morgan fingerprint density at radius 3 is 2.13 bits per heavy atom. The molecule has 15 heavy (non-hydrogen) atoms. The maximum Gasteiger partial charge on any atom is 0.0693 e. The fourth-order valence-corrected chi connectivity index (χ4v) is 3.23. The molecule has 2 nitrogen and oxygen atoms in total. The zero-order chi connectivity index (χ0) is 10.3. The summed E-state index contributed by atoms with van der Waals surface area (Å²) < 4.78 is 0. The molecule has 0 aromatic heterocycles. The Kier molecular flexibility index (Phi) is 2.73. The third-order valence-electron chi connectivity index (χ3n) is 4.55. The van der Waals surface area contributed by atoms with E-state index in [0.717, 1.165) is 24.2 Å². The summed E-state index contributed by atoms with van der Waals surface area (Å²) in [6.45, 7) is 1.18. The molecule has 0 aromatic rings. The number of hydrogen-bond acceptors (Lipinski definition) is 2. The first-order valence-corrected chi connectivity index (χ1v) is 6.76. The topological polar surface area (TPSA) is 32.3 Å². The van der Waals surface area contributed by atoms with Gasteiger partial charge in [0.1, 0.15) is 0 Å². The predicted octanol–water partition coefficient (Wildman–Crippen LogP) is 1.93. The quantitative estimate of drug-likeness (QED) is 0.725. The average molecular weight is 209 g/mol. The number of aliphatic hydroxyl groups excluding tert-OH is 1. The van der Waals surface area contributed by atoms with E-state index in [1.54, 1.807) is 0 Å². The van der Waals surface area contributed by atoms with E-state index in [-0.39, 0.29) is 6.10 Å². The molecule has 3 rings (SSSR count). The van der Waals surface area contributed by atoms with Crippen molar-refractivity contribution in [3.05, 3.63) is 0 Å². The van der Waals surface area contributed by atoms with E-state index in [2.05, 4.69) is 5.32 Å². The van der Waals surface area contributed by atoms with Crippen LogP contribution in [0.4, 0.5) is 0 Å². The van der Waals surface area contributed by atoms with Crippen LogP contribution >= 0.6 is 0 Å². The van der Waals surface area contributed by atoms with E-state index in [9.17, 15) is 5.11 Å². The van der Waals surface area contributed by atoms with Crippen LogP contribution in [-0.2, 0) is 0 Å². The van der Waals surface area contributed by atoms with Crippen molar-refractivity contribution < 1.29 is 5.11 Å². The van der Waals surface area contributed by atoms with Gasteiger partial charge in [0, 0.05) is 6.04 Å². The Morgan fingerprint density at radius 1 is 1.00 bits per heavy atom. The molecule has 0 aliphatic heterocycles. The van der Waals surface area contributed by atoms with Crippen LogP contribution in [0.5, 0.6) is 0 Å². The fraction of sp³-hybridized carbons (Fsp3) is 1.00. The Balaban J connectivity index is 1.46. The van der Waals surface area contributed by atoms with Gasteiger partial charge in [-0.15, -0.1) is 0 Å². The van der Waals surface area contributed by atoms with Crippen molar-refractivity contribution in [1.29, 1.82) is 0 Å². The Hall–Kier alpha value is -0.0800. The zero-order valence-corrected chi connectivity index (χ0v) is 9.49. The Labute approximate surface area is 92.4 Å². The summed E-state index contributed by atoms with van der Waals surface area (Å²) in [7, 11) is 0. The highest BCUT2D eigenvalue weighted by molar-refractivity contribution is 4.94. The van der Waals surface area contributed by atoms with Crippen LogP contribution in [-0.4, -0.2) is 23.8 Å². The first-order valence-electron chi connectivity index (χ1n) is 6.76. The lowest BCUT2D eigenvalue weighted by atomic mass is 9.97. The molecule has 0 bridgehead atoms. The molecule has 3 fully saturated rings. The Morgan fingerprint density at radius 2 is 1.67 bits per heavy atom. The summed E-state index contributed by atoms with van der Waals surface area (Å²) in [4.78, 5) is 0. The van der Waals surface area contributed by atoms with Crippen LogP contribution < -0.4 is 5.32 Å². The van der Waals surface area contributed by atoms with Crippen LogP contribution in [0.1, 0.15) is 44.9 Å². The van der Waals surface area contributed by atoms with E-state index in [1.807, 2.05) is 0 Å². The SMILES string of the molecule is O[C@@H]1CCC[C@H]1NCC(C1CC1)C1CC1. The molecule has 0 aromatic carbocycles. The smallest absolute Gasteiger partial charge is 0.0693 e. The van der Waals surface area contributed by atoms with Crippen molar-refractivity contribution in [2.75, 3.05) is 6.54 Å². The molecule has 3 aliphatic carbocycles. The highest BCUT2D eigenvalue weighted by atomic mass is 16.3. The van der Waals surface area contributed by atoms with Gasteiger partial charge in [0.15, 0.2) is 0 Å². The van der Waals surface area contributed by atoms with Gasteiger partial charge in [0.05, 0.1) is 6.10 Å². The molecule has 0 saturated heterocycles. The van der Waals surface area contributed by atoms with Crippen LogP contribution in [0.25, 0.3) is 0 Å². The maximum atomic E-state index is 9.75. The molecule has 2 heteroatoms. The van der Waals surface area contributed by atoms with Gasteiger partial charge in [0.25, 0.3) is 0 Å². The van der Waals surface area contributed by atoms with E-state index >= 15 is 0 Å². The lowest BCUT2D eigenvalue weighted by molar-refractivity contribution is 0.144. The van der Waals surface area contributed by atoms with E-state index in [0.29, 0.717) is 6.04 Å². The van der Waals surface area contributed by atoms with Gasteiger partial charge in [-0.3, -0.25) is 0 Å². The monoisotopic (exact) mass is 209 g/mol. The van der Waals surface area contributed by atoms with Gasteiger partial charge in [-0.05, 0) is 69.2 Å². The van der Waals surface area contributed by atoms with Crippen LogP contribution in [0.2, 0.25) is 0 Å². The highest BCUT2D eigenvalue weighted by Crippen LogP contribution is 2.48. The third kappa shape index (κ3) is 2.36. The molecule has 86 valence electrons. The molecule has 3 aliphatic rings. The lowest BCUT2D eigenvalue weighted by Crippen LogP contribution is -2.39. The predicted molar refractivity (Wildman–Crippen MR) is 60.6 cm³/mol. The number of rotatable bonds is 5. The summed E-state index contributed by atoms with van der Waals surface area (Å²) in [5.74, 6) is 3.00. The molecular formula is C13H23NO. The van der Waals surface area contributed by atoms with Crippen molar-refractivity contribution in [3.63, 3.8) is 0 Å². The highest BCUT2D eigenvalue weighted by Gasteiger charge is 2.41. The first kappa shape index (κ1) is 10.1. The van der Waals surface area contributed by atoms with Gasteiger partial charge >= 0.3 is 0 Å². The number of nitrogens with one attached hydrogen (secondary N) is 1. The van der Waals surface area contributed by atoms with Crippen LogP contribution in [0.15, 0.2) is 0 Å². The summed E-state index contributed by atoms with van der Waals surface area (Å²) in [5, 5.41) is 13.4. The molecule has 2 N–H and O–H groups in total. The maximum absolute atomic E-state index is 9.75. The second-order valence-corrected chi connectivity index (χ2v) is 5.85. The number of aliphatic hydroxyl groups is 1.